The van der Waals surface area contributed by atoms with Crippen molar-refractivity contribution in [2.45, 2.75) is 38.8 Å². The number of phosphoric acid groups is 1. The van der Waals surface area contributed by atoms with Gasteiger partial charge in [-0.1, -0.05) is 6.92 Å². The van der Waals surface area contributed by atoms with Crippen molar-refractivity contribution in [3.8, 4) is 0 Å². The molecule has 0 aromatic rings. The van der Waals surface area contributed by atoms with E-state index in [0.29, 0.717) is 12.8 Å². The fourth-order valence-corrected chi connectivity index (χ4v) is 2.05. The van der Waals surface area contributed by atoms with Crippen LogP contribution in [0.5, 0.6) is 0 Å². The Bertz CT molecular complexity index is 364. The number of carbonyl (C=O) groups excluding carboxylic acids is 2. The van der Waals surface area contributed by atoms with Gasteiger partial charge in [0.05, 0.1) is 19.3 Å². The van der Waals surface area contributed by atoms with E-state index in [1.807, 2.05) is 0 Å². The summed E-state index contributed by atoms with van der Waals surface area (Å²) in [6.45, 7) is 3.07. The highest BCUT2D eigenvalue weighted by atomic mass is 31.2. The Hall–Kier alpha value is -0.990. The van der Waals surface area contributed by atoms with Gasteiger partial charge in [-0.05, 0) is 19.8 Å². The Morgan fingerprint density at radius 1 is 1.43 bits per heavy atom. The second-order valence-electron chi connectivity index (χ2n) is 4.36. The minimum atomic E-state index is -4.24. The molecule has 3 unspecified atom stereocenters. The average Bonchev–Trinajstić information content (AvgIpc) is 2.40. The van der Waals surface area contributed by atoms with Gasteiger partial charge in [-0.2, -0.15) is 0 Å². The molecule has 0 fully saturated rings. The van der Waals surface area contributed by atoms with Crippen LogP contribution < -0.4 is 10.6 Å². The van der Waals surface area contributed by atoms with Gasteiger partial charge in [0.15, 0.2) is 0 Å². The van der Waals surface area contributed by atoms with Gasteiger partial charge in [-0.15, -0.1) is 0 Å². The molecule has 4 N–H and O–H groups in total. The lowest BCUT2D eigenvalue weighted by Gasteiger charge is -2.18. The van der Waals surface area contributed by atoms with E-state index in [4.69, 9.17) is 5.11 Å². The first kappa shape index (κ1) is 20.0. The predicted molar refractivity (Wildman–Crippen MR) is 74.3 cm³/mol. The Balaban J connectivity index is 4.31. The largest absolute Gasteiger partial charge is 0.472 e. The second-order valence-corrected chi connectivity index (χ2v) is 5.82. The SMILES string of the molecule is CCCOP(=O)(O)OCC(NC=O)C(=O)NCCC(C)O. The van der Waals surface area contributed by atoms with Crippen molar-refractivity contribution in [1.29, 1.82) is 0 Å². The molecule has 0 aliphatic rings. The zero-order valence-electron chi connectivity index (χ0n) is 12.2. The van der Waals surface area contributed by atoms with Crippen LogP contribution in [-0.4, -0.2) is 54.2 Å². The summed E-state index contributed by atoms with van der Waals surface area (Å²) < 4.78 is 20.7. The van der Waals surface area contributed by atoms with Crippen LogP contribution in [0.4, 0.5) is 0 Å². The topological polar surface area (TPSA) is 134 Å². The van der Waals surface area contributed by atoms with E-state index in [1.165, 1.54) is 0 Å². The molecule has 0 rings (SSSR count). The predicted octanol–water partition coefficient (Wildman–Crippen LogP) is -0.468. The summed E-state index contributed by atoms with van der Waals surface area (Å²) in [5.41, 5.74) is 0. The Morgan fingerprint density at radius 3 is 2.62 bits per heavy atom. The number of carbonyl (C=O) groups is 2. The molecule has 124 valence electrons. The summed E-state index contributed by atoms with van der Waals surface area (Å²) in [6, 6.07) is -1.12. The molecule has 2 amide bonds. The maximum Gasteiger partial charge on any atom is 0.472 e. The number of aliphatic hydroxyl groups excluding tert-OH is 1. The van der Waals surface area contributed by atoms with E-state index in [1.54, 1.807) is 13.8 Å². The highest BCUT2D eigenvalue weighted by molar-refractivity contribution is 7.47. The third kappa shape index (κ3) is 10.4. The molecule has 21 heavy (non-hydrogen) atoms. The minimum Gasteiger partial charge on any atom is -0.393 e. The van der Waals surface area contributed by atoms with Crippen LogP contribution in [0.1, 0.15) is 26.7 Å². The number of hydrogen-bond acceptors (Lipinski definition) is 6. The van der Waals surface area contributed by atoms with E-state index < -0.39 is 32.5 Å². The third-order valence-electron chi connectivity index (χ3n) is 2.31. The van der Waals surface area contributed by atoms with Crippen molar-refractivity contribution in [3.05, 3.63) is 0 Å². The molecule has 0 aliphatic heterocycles. The number of phosphoric ester groups is 1. The van der Waals surface area contributed by atoms with Crippen molar-refractivity contribution in [2.24, 2.45) is 0 Å². The van der Waals surface area contributed by atoms with Crippen molar-refractivity contribution in [2.75, 3.05) is 19.8 Å². The lowest BCUT2D eigenvalue weighted by Crippen LogP contribution is -2.47. The van der Waals surface area contributed by atoms with Gasteiger partial charge in [0.2, 0.25) is 12.3 Å². The summed E-state index contributed by atoms with van der Waals surface area (Å²) in [5, 5.41) is 13.7. The summed E-state index contributed by atoms with van der Waals surface area (Å²) in [7, 11) is -4.24. The average molecular weight is 326 g/mol. The quantitative estimate of drug-likeness (QED) is 0.281. The van der Waals surface area contributed by atoms with Crippen molar-refractivity contribution < 1.29 is 33.2 Å². The van der Waals surface area contributed by atoms with E-state index in [0.717, 1.165) is 0 Å². The van der Waals surface area contributed by atoms with Crippen LogP contribution >= 0.6 is 7.82 Å². The molecule has 0 aliphatic carbocycles. The summed E-state index contributed by atoms with van der Waals surface area (Å²) in [4.78, 5) is 31.5. The van der Waals surface area contributed by atoms with Gasteiger partial charge in [0, 0.05) is 6.54 Å². The van der Waals surface area contributed by atoms with Gasteiger partial charge in [-0.3, -0.25) is 18.6 Å². The maximum atomic E-state index is 11.7. The van der Waals surface area contributed by atoms with Crippen LogP contribution in [0.25, 0.3) is 0 Å². The van der Waals surface area contributed by atoms with E-state index >= 15 is 0 Å². The van der Waals surface area contributed by atoms with E-state index in [9.17, 15) is 19.0 Å². The summed E-state index contributed by atoms with van der Waals surface area (Å²) in [6.07, 6.45) is 0.596. The minimum absolute atomic E-state index is 0.0418. The molecule has 0 bridgehead atoms. The van der Waals surface area contributed by atoms with Crippen LogP contribution in [-0.2, 0) is 23.2 Å². The fourth-order valence-electron chi connectivity index (χ4n) is 1.22. The molecular formula is C11H23N2O7P. The molecule has 10 heteroatoms. The van der Waals surface area contributed by atoms with Crippen LogP contribution in [0.15, 0.2) is 0 Å². The normalized spacial score (nSPS) is 16.6. The molecule has 0 radical (unpaired) electrons. The number of hydrogen-bond donors (Lipinski definition) is 4. The molecule has 0 saturated carbocycles. The zero-order chi connectivity index (χ0) is 16.3. The molecule has 3 atom stereocenters. The molecule has 0 aromatic heterocycles. The Labute approximate surface area is 123 Å². The van der Waals surface area contributed by atoms with E-state index in [-0.39, 0.29) is 19.6 Å². The van der Waals surface area contributed by atoms with Gasteiger partial charge >= 0.3 is 7.82 Å². The van der Waals surface area contributed by atoms with Gasteiger partial charge in [-0.25, -0.2) is 4.57 Å². The number of amides is 2. The Kier molecular flexibility index (Phi) is 10.2. The molecule has 0 saturated heterocycles. The van der Waals surface area contributed by atoms with Crippen molar-refractivity contribution >= 4 is 20.1 Å². The second kappa shape index (κ2) is 10.7. The first-order chi connectivity index (χ1) is 9.82. The first-order valence-corrected chi connectivity index (χ1v) is 8.09. The molecule has 9 nitrogen and oxygen atoms in total. The van der Waals surface area contributed by atoms with Gasteiger partial charge in [0.25, 0.3) is 0 Å². The van der Waals surface area contributed by atoms with Crippen molar-refractivity contribution in [3.63, 3.8) is 0 Å². The standard InChI is InChI=1S/C11H23N2O7P/c1-3-6-19-21(17,18)20-7-10(13-8-14)11(16)12-5-4-9(2)15/h8-10,15H,3-7H2,1-2H3,(H,12,16)(H,13,14)(H,17,18). The highest BCUT2D eigenvalue weighted by Gasteiger charge is 2.26. The molecule has 0 aromatic carbocycles. The lowest BCUT2D eigenvalue weighted by molar-refractivity contribution is -0.126. The monoisotopic (exact) mass is 326 g/mol. The summed E-state index contributed by atoms with van der Waals surface area (Å²) in [5.74, 6) is -0.585. The summed E-state index contributed by atoms with van der Waals surface area (Å²) >= 11 is 0. The number of aliphatic hydroxyl groups is 1. The smallest absolute Gasteiger partial charge is 0.393 e. The van der Waals surface area contributed by atoms with Crippen LogP contribution in [0.3, 0.4) is 0 Å². The van der Waals surface area contributed by atoms with Crippen LogP contribution in [0, 0.1) is 0 Å². The number of nitrogens with one attached hydrogen (secondary N) is 2. The lowest BCUT2D eigenvalue weighted by atomic mass is 10.2. The first-order valence-electron chi connectivity index (χ1n) is 6.59. The number of rotatable bonds is 12. The Morgan fingerprint density at radius 2 is 2.10 bits per heavy atom. The van der Waals surface area contributed by atoms with Gasteiger partial charge < -0.3 is 20.6 Å². The maximum absolute atomic E-state index is 11.7. The molecule has 0 spiro atoms. The molecular weight excluding hydrogens is 303 g/mol. The molecule has 0 heterocycles. The van der Waals surface area contributed by atoms with Gasteiger partial charge in [0.1, 0.15) is 6.04 Å². The zero-order valence-corrected chi connectivity index (χ0v) is 13.0. The highest BCUT2D eigenvalue weighted by Crippen LogP contribution is 2.43. The fraction of sp³-hybridized carbons (Fsp3) is 0.818. The van der Waals surface area contributed by atoms with Crippen molar-refractivity contribution in [1.82, 2.24) is 10.6 Å². The third-order valence-corrected chi connectivity index (χ3v) is 3.29. The van der Waals surface area contributed by atoms with E-state index in [2.05, 4.69) is 19.7 Å². The van der Waals surface area contributed by atoms with Crippen LogP contribution in [0.2, 0.25) is 0 Å².